The lowest BCUT2D eigenvalue weighted by molar-refractivity contribution is 0.0979. The molecule has 1 amide bonds. The Balaban J connectivity index is 1.58. The van der Waals surface area contributed by atoms with Gasteiger partial charge in [-0.25, -0.2) is 0 Å². The molecule has 8 heteroatoms. The van der Waals surface area contributed by atoms with E-state index in [1.165, 1.54) is 9.78 Å². The number of oxazole rings is 1. The first-order valence-electron chi connectivity index (χ1n) is 11.6. The summed E-state index contributed by atoms with van der Waals surface area (Å²) in [5, 5.41) is 2.12. The Morgan fingerprint density at radius 2 is 1.73 bits per heavy atom. The van der Waals surface area contributed by atoms with Gasteiger partial charge in [-0.1, -0.05) is 12.1 Å². The van der Waals surface area contributed by atoms with Crippen LogP contribution in [0.25, 0.3) is 22.2 Å². The number of hydrogen-bond donors (Lipinski definition) is 0. The maximum atomic E-state index is 13.8. The molecule has 3 aromatic carbocycles. The molecule has 0 aliphatic heterocycles. The smallest absolute Gasteiger partial charge is 0.305 e. The molecule has 0 atom stereocenters. The number of rotatable bonds is 8. The Morgan fingerprint density at radius 3 is 2.46 bits per heavy atom. The van der Waals surface area contributed by atoms with Crippen molar-refractivity contribution in [1.82, 2.24) is 4.98 Å². The molecule has 5 rings (SSSR count). The fraction of sp³-hybridized carbons (Fsp3) is 0.172. The number of hydrogen-bond acceptors (Lipinski definition) is 7. The molecule has 0 N–H and O–H groups in total. The Bertz CT molecular complexity index is 1570. The van der Waals surface area contributed by atoms with Crippen molar-refractivity contribution in [1.29, 1.82) is 0 Å². The number of anilines is 1. The zero-order valence-corrected chi connectivity index (χ0v) is 21.8. The van der Waals surface area contributed by atoms with Gasteiger partial charge in [-0.15, -0.1) is 11.3 Å². The van der Waals surface area contributed by atoms with E-state index in [-0.39, 0.29) is 18.5 Å². The molecule has 0 aliphatic rings. The molecule has 2 aromatic heterocycles. The topological polar surface area (TPSA) is 74.0 Å². The number of amides is 1. The van der Waals surface area contributed by atoms with E-state index >= 15 is 0 Å². The molecule has 7 nitrogen and oxygen atoms in total. The van der Waals surface area contributed by atoms with Gasteiger partial charge in [0, 0.05) is 22.1 Å². The van der Waals surface area contributed by atoms with Crippen LogP contribution in [0.15, 0.2) is 76.5 Å². The molecule has 2 heterocycles. The van der Waals surface area contributed by atoms with Gasteiger partial charge in [0.25, 0.3) is 5.91 Å². The van der Waals surface area contributed by atoms with Gasteiger partial charge < -0.3 is 18.6 Å². The van der Waals surface area contributed by atoms with Crippen molar-refractivity contribution < 1.29 is 23.4 Å². The summed E-state index contributed by atoms with van der Waals surface area (Å²) >= 11 is 1.70. The van der Waals surface area contributed by atoms with Crippen LogP contribution in [0.5, 0.6) is 17.2 Å². The normalized spacial score (nSPS) is 10.9. The Morgan fingerprint density at radius 1 is 0.919 bits per heavy atom. The van der Waals surface area contributed by atoms with E-state index in [4.69, 9.17) is 23.6 Å². The molecule has 5 aromatic rings. The second-order valence-corrected chi connectivity index (χ2v) is 9.54. The number of thiophene rings is 1. The summed E-state index contributed by atoms with van der Waals surface area (Å²) in [6.07, 6.45) is 0. The van der Waals surface area contributed by atoms with Crippen LogP contribution in [0.4, 0.5) is 6.01 Å². The third-order valence-corrected chi connectivity index (χ3v) is 6.92. The zero-order valence-electron chi connectivity index (χ0n) is 21.0. The van der Waals surface area contributed by atoms with Gasteiger partial charge in [0.2, 0.25) is 0 Å². The SMILES string of the molecule is COc1cccc(C(=O)N(Cc2ccc(OC)cc2OC)c2nc3cc(-c4csc(C)c4)ccc3o2)c1. The van der Waals surface area contributed by atoms with Crippen LogP contribution in [-0.4, -0.2) is 32.2 Å². The van der Waals surface area contributed by atoms with Crippen LogP contribution < -0.4 is 19.1 Å². The van der Waals surface area contributed by atoms with Crippen LogP contribution in [-0.2, 0) is 6.54 Å². The fourth-order valence-electron chi connectivity index (χ4n) is 4.10. The number of aryl methyl sites for hydroxylation is 1. The summed E-state index contributed by atoms with van der Waals surface area (Å²) in [5.41, 5.74) is 4.65. The highest BCUT2D eigenvalue weighted by Crippen LogP contribution is 2.33. The van der Waals surface area contributed by atoms with E-state index in [0.717, 1.165) is 16.7 Å². The van der Waals surface area contributed by atoms with Crippen LogP contribution in [0.1, 0.15) is 20.8 Å². The minimum atomic E-state index is -0.281. The molecule has 0 radical (unpaired) electrons. The van der Waals surface area contributed by atoms with Crippen LogP contribution >= 0.6 is 11.3 Å². The number of fused-ring (bicyclic) bond motifs is 1. The summed E-state index contributed by atoms with van der Waals surface area (Å²) in [4.78, 5) is 21.3. The van der Waals surface area contributed by atoms with E-state index in [0.29, 0.717) is 33.9 Å². The standard InChI is InChI=1S/C29H26N2O5S/c1-18-12-22(17-37-18)19-9-11-26-25(14-19)30-29(36-26)31(28(32)20-6-5-7-23(13-20)33-2)16-21-8-10-24(34-3)15-27(21)35-4/h5-15,17H,16H2,1-4H3. The molecule has 0 unspecified atom stereocenters. The number of carbonyl (C=O) groups excluding carboxylic acids is 1. The van der Waals surface area contributed by atoms with Gasteiger partial charge in [-0.3, -0.25) is 9.69 Å². The van der Waals surface area contributed by atoms with E-state index in [9.17, 15) is 4.79 Å². The van der Waals surface area contributed by atoms with Crippen molar-refractivity contribution in [3.8, 4) is 28.4 Å². The summed E-state index contributed by atoms with van der Waals surface area (Å²) in [6, 6.07) is 20.7. The largest absolute Gasteiger partial charge is 0.497 e. The predicted octanol–water partition coefficient (Wildman–Crippen LogP) is 6.74. The van der Waals surface area contributed by atoms with Gasteiger partial charge in [0.05, 0.1) is 27.9 Å². The molecule has 0 spiro atoms. The summed E-state index contributed by atoms with van der Waals surface area (Å²) in [5.74, 6) is 1.55. The van der Waals surface area contributed by atoms with Gasteiger partial charge in [0.15, 0.2) is 5.58 Å². The van der Waals surface area contributed by atoms with Crippen LogP contribution in [0.2, 0.25) is 0 Å². The average molecular weight is 515 g/mol. The van der Waals surface area contributed by atoms with Gasteiger partial charge in [-0.05, 0) is 72.0 Å². The molecule has 0 saturated heterocycles. The van der Waals surface area contributed by atoms with E-state index in [2.05, 4.69) is 18.4 Å². The lowest BCUT2D eigenvalue weighted by atomic mass is 10.1. The summed E-state index contributed by atoms with van der Waals surface area (Å²) in [7, 11) is 4.74. The lowest BCUT2D eigenvalue weighted by Crippen LogP contribution is -2.31. The molecule has 0 saturated carbocycles. The molecular weight excluding hydrogens is 488 g/mol. The molecule has 0 fully saturated rings. The van der Waals surface area contributed by atoms with Crippen molar-refractivity contribution >= 4 is 34.4 Å². The highest BCUT2D eigenvalue weighted by Gasteiger charge is 2.25. The van der Waals surface area contributed by atoms with Crippen molar-refractivity contribution in [2.45, 2.75) is 13.5 Å². The van der Waals surface area contributed by atoms with Gasteiger partial charge in [-0.2, -0.15) is 4.98 Å². The molecular formula is C29H26N2O5S. The van der Waals surface area contributed by atoms with Gasteiger partial charge in [0.1, 0.15) is 22.8 Å². The molecule has 0 aliphatic carbocycles. The number of ether oxygens (including phenoxy) is 3. The second kappa shape index (κ2) is 10.4. The fourth-order valence-corrected chi connectivity index (χ4v) is 4.81. The van der Waals surface area contributed by atoms with Crippen molar-refractivity contribution in [2.75, 3.05) is 26.2 Å². The average Bonchev–Trinajstić information content (AvgIpc) is 3.56. The van der Waals surface area contributed by atoms with Crippen molar-refractivity contribution in [2.24, 2.45) is 0 Å². The summed E-state index contributed by atoms with van der Waals surface area (Å²) < 4.78 is 22.4. The minimum Gasteiger partial charge on any atom is -0.497 e. The van der Waals surface area contributed by atoms with Crippen molar-refractivity contribution in [3.63, 3.8) is 0 Å². The maximum absolute atomic E-state index is 13.8. The van der Waals surface area contributed by atoms with Crippen LogP contribution in [0.3, 0.4) is 0 Å². The predicted molar refractivity (Wildman–Crippen MR) is 145 cm³/mol. The van der Waals surface area contributed by atoms with Gasteiger partial charge >= 0.3 is 6.01 Å². The number of nitrogens with zero attached hydrogens (tertiary/aromatic N) is 2. The van der Waals surface area contributed by atoms with E-state index in [1.54, 1.807) is 63.0 Å². The molecule has 188 valence electrons. The quantitative estimate of drug-likeness (QED) is 0.228. The first kappa shape index (κ1) is 24.4. The monoisotopic (exact) mass is 514 g/mol. The zero-order chi connectivity index (χ0) is 25.9. The number of carbonyl (C=O) groups is 1. The molecule has 0 bridgehead atoms. The Hall–Kier alpha value is -4.30. The van der Waals surface area contributed by atoms with Crippen molar-refractivity contribution in [3.05, 3.63) is 88.1 Å². The number of aromatic nitrogens is 1. The number of benzene rings is 3. The number of methoxy groups -OCH3 is 3. The minimum absolute atomic E-state index is 0.173. The van der Waals surface area contributed by atoms with E-state index < -0.39 is 0 Å². The lowest BCUT2D eigenvalue weighted by Gasteiger charge is -2.21. The summed E-state index contributed by atoms with van der Waals surface area (Å²) in [6.45, 7) is 2.25. The second-order valence-electron chi connectivity index (χ2n) is 8.43. The molecule has 37 heavy (non-hydrogen) atoms. The highest BCUT2D eigenvalue weighted by atomic mass is 32.1. The van der Waals surface area contributed by atoms with Crippen LogP contribution in [0, 0.1) is 6.92 Å². The third kappa shape index (κ3) is 5.01. The highest BCUT2D eigenvalue weighted by molar-refractivity contribution is 7.10. The third-order valence-electron chi connectivity index (χ3n) is 6.06. The first-order valence-corrected chi connectivity index (χ1v) is 12.5. The Labute approximate surface area is 218 Å². The maximum Gasteiger partial charge on any atom is 0.305 e. The Kier molecular flexibility index (Phi) is 6.83. The first-order chi connectivity index (χ1) is 18.0. The van der Waals surface area contributed by atoms with E-state index in [1.807, 2.05) is 30.3 Å².